The average molecular weight is 249 g/mol. The number of nitrogen functional groups attached to an aromatic ring is 1. The van der Waals surface area contributed by atoms with Crippen molar-refractivity contribution >= 4 is 16.6 Å². The maximum Gasteiger partial charge on any atom is 0.131 e. The van der Waals surface area contributed by atoms with E-state index in [-0.39, 0.29) is 0 Å². The normalized spacial score (nSPS) is 10.7. The van der Waals surface area contributed by atoms with Crippen LogP contribution in [0.3, 0.4) is 0 Å². The van der Waals surface area contributed by atoms with Gasteiger partial charge in [0.05, 0.1) is 0 Å². The van der Waals surface area contributed by atoms with Crippen molar-refractivity contribution < 1.29 is 0 Å². The summed E-state index contributed by atoms with van der Waals surface area (Å²) in [6.45, 7) is 0. The van der Waals surface area contributed by atoms with Gasteiger partial charge < -0.3 is 5.73 Å². The third-order valence-electron chi connectivity index (χ3n) is 3.23. The van der Waals surface area contributed by atoms with E-state index < -0.39 is 0 Å². The number of benzene rings is 1. The molecule has 0 atom stereocenters. The van der Waals surface area contributed by atoms with Crippen molar-refractivity contribution in [2.75, 3.05) is 5.73 Å². The van der Waals surface area contributed by atoms with E-state index in [1.54, 1.807) is 6.20 Å². The lowest BCUT2D eigenvalue weighted by Gasteiger charge is -2.06. The summed E-state index contributed by atoms with van der Waals surface area (Å²) in [5, 5.41) is 2.02. The Morgan fingerprint density at radius 2 is 1.84 bits per heavy atom. The van der Waals surface area contributed by atoms with Gasteiger partial charge in [-0.15, -0.1) is 0 Å². The molecular weight excluding hydrogens is 234 g/mol. The summed E-state index contributed by atoms with van der Waals surface area (Å²) in [6, 6.07) is 14.4. The van der Waals surface area contributed by atoms with Crippen LogP contribution in [0.1, 0.15) is 11.3 Å². The minimum atomic E-state index is 0.586. The number of hydrogen-bond donors (Lipinski definition) is 1. The second-order valence-corrected chi connectivity index (χ2v) is 4.58. The maximum absolute atomic E-state index is 5.99. The van der Waals surface area contributed by atoms with E-state index in [0.717, 1.165) is 29.3 Å². The van der Waals surface area contributed by atoms with Gasteiger partial charge in [-0.05, 0) is 30.5 Å². The van der Waals surface area contributed by atoms with E-state index in [1.807, 2.05) is 18.3 Å². The van der Waals surface area contributed by atoms with Gasteiger partial charge in [-0.1, -0.05) is 30.3 Å². The molecule has 2 heterocycles. The van der Waals surface area contributed by atoms with Crippen LogP contribution in [0.5, 0.6) is 0 Å². The zero-order valence-corrected chi connectivity index (χ0v) is 10.6. The van der Waals surface area contributed by atoms with E-state index in [0.29, 0.717) is 5.82 Å². The minimum absolute atomic E-state index is 0.586. The van der Waals surface area contributed by atoms with Gasteiger partial charge in [0.15, 0.2) is 0 Å². The highest BCUT2D eigenvalue weighted by molar-refractivity contribution is 5.90. The highest BCUT2D eigenvalue weighted by atomic mass is 14.8. The molecule has 2 N–H and O–H groups in total. The zero-order chi connectivity index (χ0) is 13.1. The maximum atomic E-state index is 5.99. The Hall–Kier alpha value is -2.42. The van der Waals surface area contributed by atoms with Crippen molar-refractivity contribution in [1.29, 1.82) is 0 Å². The summed E-state index contributed by atoms with van der Waals surface area (Å²) < 4.78 is 0. The number of pyridine rings is 2. The largest absolute Gasteiger partial charge is 0.383 e. The van der Waals surface area contributed by atoms with Gasteiger partial charge in [0.2, 0.25) is 0 Å². The van der Waals surface area contributed by atoms with Gasteiger partial charge in [-0.2, -0.15) is 0 Å². The van der Waals surface area contributed by atoms with E-state index in [1.165, 1.54) is 5.56 Å². The molecule has 19 heavy (non-hydrogen) atoms. The Labute approximate surface area is 112 Å². The topological polar surface area (TPSA) is 51.8 Å². The molecule has 0 aliphatic heterocycles. The lowest BCUT2D eigenvalue weighted by atomic mass is 10.1. The lowest BCUT2D eigenvalue weighted by molar-refractivity contribution is 0.920. The number of anilines is 1. The van der Waals surface area contributed by atoms with Crippen LogP contribution >= 0.6 is 0 Å². The third-order valence-corrected chi connectivity index (χ3v) is 3.23. The van der Waals surface area contributed by atoms with Crippen molar-refractivity contribution in [3.8, 4) is 0 Å². The van der Waals surface area contributed by atoms with Crippen molar-refractivity contribution in [2.24, 2.45) is 0 Å². The van der Waals surface area contributed by atoms with Crippen LogP contribution in [-0.2, 0) is 12.8 Å². The molecule has 3 heteroatoms. The van der Waals surface area contributed by atoms with E-state index in [2.05, 4.69) is 40.3 Å². The average Bonchev–Trinajstić information content (AvgIpc) is 2.46. The fourth-order valence-corrected chi connectivity index (χ4v) is 2.23. The Balaban J connectivity index is 1.85. The van der Waals surface area contributed by atoms with Crippen molar-refractivity contribution in [3.63, 3.8) is 0 Å². The van der Waals surface area contributed by atoms with Gasteiger partial charge in [0, 0.05) is 28.9 Å². The Morgan fingerprint density at radius 3 is 2.68 bits per heavy atom. The smallest absolute Gasteiger partial charge is 0.131 e. The van der Waals surface area contributed by atoms with Crippen LogP contribution in [0.4, 0.5) is 5.82 Å². The SMILES string of the molecule is Nc1nc(CCc2ccccc2)cc2cnccc12. The minimum Gasteiger partial charge on any atom is -0.383 e. The Kier molecular flexibility index (Phi) is 3.11. The lowest BCUT2D eigenvalue weighted by Crippen LogP contribution is -1.99. The summed E-state index contributed by atoms with van der Waals surface area (Å²) in [7, 11) is 0. The standard InChI is InChI=1S/C16H15N3/c17-16-15-8-9-18-11-13(15)10-14(19-16)7-6-12-4-2-1-3-5-12/h1-5,8-11H,6-7H2,(H2,17,19). The van der Waals surface area contributed by atoms with E-state index in [9.17, 15) is 0 Å². The molecule has 1 aromatic carbocycles. The van der Waals surface area contributed by atoms with Crippen LogP contribution < -0.4 is 5.73 Å². The molecule has 3 nitrogen and oxygen atoms in total. The molecular formula is C16H15N3. The van der Waals surface area contributed by atoms with E-state index >= 15 is 0 Å². The first-order valence-electron chi connectivity index (χ1n) is 6.36. The Morgan fingerprint density at radius 1 is 1.00 bits per heavy atom. The molecule has 3 aromatic rings. The first-order chi connectivity index (χ1) is 9.33. The quantitative estimate of drug-likeness (QED) is 0.776. The fourth-order valence-electron chi connectivity index (χ4n) is 2.23. The fraction of sp³-hybridized carbons (Fsp3) is 0.125. The molecule has 0 spiro atoms. The zero-order valence-electron chi connectivity index (χ0n) is 10.6. The van der Waals surface area contributed by atoms with Gasteiger partial charge in [0.25, 0.3) is 0 Å². The van der Waals surface area contributed by atoms with Gasteiger partial charge >= 0.3 is 0 Å². The molecule has 0 fully saturated rings. The third kappa shape index (κ3) is 2.55. The number of rotatable bonds is 3. The Bertz CT molecular complexity index is 693. The molecule has 3 rings (SSSR count). The predicted octanol–water partition coefficient (Wildman–Crippen LogP) is 3.00. The molecule has 0 saturated heterocycles. The van der Waals surface area contributed by atoms with Crippen LogP contribution in [0.2, 0.25) is 0 Å². The molecule has 0 radical (unpaired) electrons. The molecule has 94 valence electrons. The molecule has 2 aromatic heterocycles. The highest BCUT2D eigenvalue weighted by Gasteiger charge is 2.03. The highest BCUT2D eigenvalue weighted by Crippen LogP contribution is 2.19. The van der Waals surface area contributed by atoms with Gasteiger partial charge in [-0.3, -0.25) is 4.98 Å². The number of nitrogens with two attached hydrogens (primary N) is 1. The summed E-state index contributed by atoms with van der Waals surface area (Å²) >= 11 is 0. The first-order valence-corrected chi connectivity index (χ1v) is 6.36. The first kappa shape index (κ1) is 11.7. The number of aromatic nitrogens is 2. The summed E-state index contributed by atoms with van der Waals surface area (Å²) in [6.07, 6.45) is 5.43. The van der Waals surface area contributed by atoms with Crippen molar-refractivity contribution in [3.05, 3.63) is 66.1 Å². The van der Waals surface area contributed by atoms with E-state index in [4.69, 9.17) is 5.73 Å². The number of nitrogens with zero attached hydrogens (tertiary/aromatic N) is 2. The van der Waals surface area contributed by atoms with Gasteiger partial charge in [-0.25, -0.2) is 4.98 Å². The summed E-state index contributed by atoms with van der Waals surface area (Å²) in [5.74, 6) is 0.586. The number of fused-ring (bicyclic) bond motifs is 1. The number of hydrogen-bond acceptors (Lipinski definition) is 3. The summed E-state index contributed by atoms with van der Waals surface area (Å²) in [4.78, 5) is 8.60. The monoisotopic (exact) mass is 249 g/mol. The van der Waals surface area contributed by atoms with Crippen LogP contribution in [-0.4, -0.2) is 9.97 Å². The van der Waals surface area contributed by atoms with Crippen molar-refractivity contribution in [1.82, 2.24) is 9.97 Å². The molecule has 0 bridgehead atoms. The van der Waals surface area contributed by atoms with Crippen LogP contribution in [0.25, 0.3) is 10.8 Å². The second kappa shape index (κ2) is 5.06. The van der Waals surface area contributed by atoms with Crippen LogP contribution in [0, 0.1) is 0 Å². The molecule has 0 saturated carbocycles. The molecule has 0 aliphatic rings. The number of aryl methyl sites for hydroxylation is 2. The van der Waals surface area contributed by atoms with Gasteiger partial charge in [0.1, 0.15) is 5.82 Å². The second-order valence-electron chi connectivity index (χ2n) is 4.58. The summed E-state index contributed by atoms with van der Waals surface area (Å²) in [5.41, 5.74) is 8.32. The molecule has 0 unspecified atom stereocenters. The molecule has 0 aliphatic carbocycles. The van der Waals surface area contributed by atoms with Crippen molar-refractivity contribution in [2.45, 2.75) is 12.8 Å². The van der Waals surface area contributed by atoms with Crippen LogP contribution in [0.15, 0.2) is 54.9 Å². The predicted molar refractivity (Wildman–Crippen MR) is 77.8 cm³/mol. The molecule has 0 amide bonds.